The van der Waals surface area contributed by atoms with E-state index in [0.29, 0.717) is 27.5 Å². The van der Waals surface area contributed by atoms with Crippen molar-refractivity contribution in [3.05, 3.63) is 58.1 Å². The lowest BCUT2D eigenvalue weighted by Crippen LogP contribution is -2.38. The summed E-state index contributed by atoms with van der Waals surface area (Å²) in [4.78, 5) is 23.9. The number of hydrogen-bond donors (Lipinski definition) is 2. The van der Waals surface area contributed by atoms with Crippen molar-refractivity contribution in [1.29, 1.82) is 0 Å². The zero-order chi connectivity index (χ0) is 20.4. The Morgan fingerprint density at radius 1 is 1.19 bits per heavy atom. The molecule has 0 spiro atoms. The second kappa shape index (κ2) is 7.98. The summed E-state index contributed by atoms with van der Waals surface area (Å²) < 4.78 is 25.5. The largest absolute Gasteiger partial charge is 0.366 e. The molecule has 0 bridgehead atoms. The van der Waals surface area contributed by atoms with Gasteiger partial charge < -0.3 is 11.1 Å². The number of aryl methyl sites for hydroxylation is 1. The number of primary amides is 1. The lowest BCUT2D eigenvalue weighted by atomic mass is 10.1. The predicted octanol–water partition coefficient (Wildman–Crippen LogP) is 2.46. The van der Waals surface area contributed by atoms with Crippen LogP contribution in [-0.4, -0.2) is 33.0 Å². The molecule has 2 aromatic carbocycles. The zero-order valence-electron chi connectivity index (χ0n) is 15.1. The minimum atomic E-state index is -3.74. The molecule has 0 radical (unpaired) electrons. The van der Waals surface area contributed by atoms with Crippen LogP contribution in [-0.2, 0) is 14.8 Å². The topological polar surface area (TPSA) is 110 Å². The second-order valence-electron chi connectivity index (χ2n) is 6.09. The van der Waals surface area contributed by atoms with Crippen LogP contribution in [0, 0.1) is 13.8 Å². The maximum atomic E-state index is 12.5. The predicted molar refractivity (Wildman–Crippen MR) is 107 cm³/mol. The molecule has 0 aliphatic rings. The number of nitrogens with two attached hydrogens (primary N) is 1. The van der Waals surface area contributed by atoms with Gasteiger partial charge in [-0.3, -0.25) is 13.9 Å². The Kier molecular flexibility index (Phi) is 6.12. The summed E-state index contributed by atoms with van der Waals surface area (Å²) in [5, 5.41) is 2.98. The van der Waals surface area contributed by atoms with Crippen molar-refractivity contribution in [3.8, 4) is 0 Å². The van der Waals surface area contributed by atoms with Crippen LogP contribution in [0.3, 0.4) is 0 Å². The first-order valence-corrected chi connectivity index (χ1v) is 10.2. The molecule has 9 heteroatoms. The number of hydrogen-bond acceptors (Lipinski definition) is 4. The molecule has 0 fully saturated rings. The number of sulfonamides is 1. The number of carbonyl (C=O) groups excluding carboxylic acids is 2. The van der Waals surface area contributed by atoms with Crippen molar-refractivity contribution in [1.82, 2.24) is 0 Å². The molecule has 2 aromatic rings. The van der Waals surface area contributed by atoms with E-state index in [4.69, 9.17) is 17.3 Å². The number of benzene rings is 2. The lowest BCUT2D eigenvalue weighted by Gasteiger charge is -2.24. The van der Waals surface area contributed by atoms with Gasteiger partial charge in [0, 0.05) is 16.3 Å². The lowest BCUT2D eigenvalue weighted by molar-refractivity contribution is -0.114. The molecule has 2 amide bonds. The van der Waals surface area contributed by atoms with Gasteiger partial charge in [0.2, 0.25) is 21.8 Å². The van der Waals surface area contributed by atoms with Crippen molar-refractivity contribution in [2.75, 3.05) is 22.4 Å². The molecule has 0 unspecified atom stereocenters. The van der Waals surface area contributed by atoms with Gasteiger partial charge in [0.15, 0.2) is 0 Å². The van der Waals surface area contributed by atoms with Gasteiger partial charge in [0.1, 0.15) is 6.54 Å². The summed E-state index contributed by atoms with van der Waals surface area (Å²) in [6, 6.07) is 9.54. The molecule has 2 rings (SSSR count). The van der Waals surface area contributed by atoms with E-state index >= 15 is 0 Å². The second-order valence-corrected chi connectivity index (χ2v) is 8.43. The average Bonchev–Trinajstić information content (AvgIpc) is 2.55. The van der Waals surface area contributed by atoms with Gasteiger partial charge in [-0.25, -0.2) is 8.42 Å². The van der Waals surface area contributed by atoms with E-state index in [1.165, 1.54) is 6.07 Å². The van der Waals surface area contributed by atoms with Crippen LogP contribution in [0.5, 0.6) is 0 Å². The fraction of sp³-hybridized carbons (Fsp3) is 0.222. The summed E-state index contributed by atoms with van der Waals surface area (Å²) in [7, 11) is -3.74. The van der Waals surface area contributed by atoms with Crippen LogP contribution in [0.4, 0.5) is 11.4 Å². The number of anilines is 2. The Hall–Kier alpha value is -2.58. The van der Waals surface area contributed by atoms with Gasteiger partial charge in [0.05, 0.1) is 11.9 Å². The molecule has 144 valence electrons. The molecule has 27 heavy (non-hydrogen) atoms. The fourth-order valence-electron chi connectivity index (χ4n) is 2.59. The maximum absolute atomic E-state index is 12.5. The van der Waals surface area contributed by atoms with Gasteiger partial charge in [-0.1, -0.05) is 23.7 Å². The van der Waals surface area contributed by atoms with Crippen LogP contribution >= 0.6 is 11.6 Å². The summed E-state index contributed by atoms with van der Waals surface area (Å²) in [5.41, 5.74) is 7.45. The van der Waals surface area contributed by atoms with Crippen LogP contribution in [0.25, 0.3) is 0 Å². The SMILES string of the molecule is Cc1ccc(Cl)cc1N(CC(=O)Nc1cccc(C(N)=O)c1C)S(C)(=O)=O. The number of halogens is 1. The first-order valence-electron chi connectivity index (χ1n) is 7.94. The fourth-order valence-corrected chi connectivity index (χ4v) is 3.66. The highest BCUT2D eigenvalue weighted by molar-refractivity contribution is 7.92. The third-order valence-electron chi connectivity index (χ3n) is 4.00. The van der Waals surface area contributed by atoms with E-state index in [-0.39, 0.29) is 5.56 Å². The Morgan fingerprint density at radius 2 is 1.85 bits per heavy atom. The Morgan fingerprint density at radius 3 is 2.44 bits per heavy atom. The van der Waals surface area contributed by atoms with Crippen molar-refractivity contribution in [2.45, 2.75) is 13.8 Å². The first-order chi connectivity index (χ1) is 12.5. The maximum Gasteiger partial charge on any atom is 0.249 e. The Bertz CT molecular complexity index is 1010. The van der Waals surface area contributed by atoms with Crippen molar-refractivity contribution in [3.63, 3.8) is 0 Å². The molecule has 0 aliphatic heterocycles. The highest BCUT2D eigenvalue weighted by atomic mass is 35.5. The van der Waals surface area contributed by atoms with Gasteiger partial charge in [-0.15, -0.1) is 0 Å². The van der Waals surface area contributed by atoms with Gasteiger partial charge in [-0.05, 0) is 49.2 Å². The third kappa shape index (κ3) is 4.99. The quantitative estimate of drug-likeness (QED) is 0.763. The third-order valence-corrected chi connectivity index (χ3v) is 5.36. The molecular formula is C18H20ClN3O4S. The van der Waals surface area contributed by atoms with E-state index < -0.39 is 28.4 Å². The van der Waals surface area contributed by atoms with Crippen molar-refractivity contribution < 1.29 is 18.0 Å². The normalized spacial score (nSPS) is 11.1. The number of rotatable bonds is 6. The number of nitrogens with one attached hydrogen (secondary N) is 1. The van der Waals surface area contributed by atoms with Gasteiger partial charge in [0.25, 0.3) is 0 Å². The van der Waals surface area contributed by atoms with Gasteiger partial charge in [-0.2, -0.15) is 0 Å². The number of carbonyl (C=O) groups is 2. The van der Waals surface area contributed by atoms with Crippen LogP contribution in [0.1, 0.15) is 21.5 Å². The molecule has 0 atom stereocenters. The monoisotopic (exact) mass is 409 g/mol. The number of nitrogens with zero attached hydrogens (tertiary/aromatic N) is 1. The molecule has 0 aliphatic carbocycles. The minimum Gasteiger partial charge on any atom is -0.366 e. The molecule has 0 saturated heterocycles. The smallest absolute Gasteiger partial charge is 0.249 e. The van der Waals surface area contributed by atoms with Crippen LogP contribution in [0.15, 0.2) is 36.4 Å². The molecule has 0 saturated carbocycles. The van der Waals surface area contributed by atoms with E-state index in [1.807, 2.05) is 0 Å². The molecule has 0 aromatic heterocycles. The summed E-state index contributed by atoms with van der Waals surface area (Å²) >= 11 is 5.98. The Balaban J connectivity index is 2.32. The molecule has 3 N–H and O–H groups in total. The van der Waals surface area contributed by atoms with E-state index in [1.54, 1.807) is 44.2 Å². The Labute approximate surface area is 163 Å². The van der Waals surface area contributed by atoms with E-state index in [9.17, 15) is 18.0 Å². The number of amides is 2. The summed E-state index contributed by atoms with van der Waals surface area (Å²) in [6.45, 7) is 2.92. The van der Waals surface area contributed by atoms with Crippen molar-refractivity contribution >= 4 is 44.8 Å². The molecule has 7 nitrogen and oxygen atoms in total. The minimum absolute atomic E-state index is 0.276. The highest BCUT2D eigenvalue weighted by Crippen LogP contribution is 2.26. The molecule has 0 heterocycles. The van der Waals surface area contributed by atoms with Crippen LogP contribution in [0.2, 0.25) is 5.02 Å². The van der Waals surface area contributed by atoms with E-state index in [2.05, 4.69) is 5.32 Å². The van der Waals surface area contributed by atoms with Crippen molar-refractivity contribution in [2.24, 2.45) is 5.73 Å². The van der Waals surface area contributed by atoms with Gasteiger partial charge >= 0.3 is 0 Å². The van der Waals surface area contributed by atoms with Crippen LogP contribution < -0.4 is 15.4 Å². The summed E-state index contributed by atoms with van der Waals surface area (Å²) in [5.74, 6) is -1.18. The standard InChI is InChI=1S/C18H20ClN3O4S/c1-11-7-8-13(19)9-16(11)22(27(3,25)26)10-17(23)21-15-6-4-5-14(12(15)2)18(20)24/h4-9H,10H2,1-3H3,(H2,20,24)(H,21,23). The highest BCUT2D eigenvalue weighted by Gasteiger charge is 2.23. The van der Waals surface area contributed by atoms with E-state index in [0.717, 1.165) is 10.6 Å². The summed E-state index contributed by atoms with van der Waals surface area (Å²) in [6.07, 6.45) is 1.01. The zero-order valence-corrected chi connectivity index (χ0v) is 16.7. The first kappa shape index (κ1) is 20.7. The average molecular weight is 410 g/mol. The molecular weight excluding hydrogens is 390 g/mol.